The predicted octanol–water partition coefficient (Wildman–Crippen LogP) is 1.09. The van der Waals surface area contributed by atoms with Gasteiger partial charge in [0.2, 0.25) is 5.89 Å². The average molecular weight is 200 g/mol. The smallest absolute Gasteiger partial charge is 0.229 e. The van der Waals surface area contributed by atoms with Gasteiger partial charge in [-0.15, -0.1) is 0 Å². The summed E-state index contributed by atoms with van der Waals surface area (Å²) in [6, 6.07) is 0. The van der Waals surface area contributed by atoms with E-state index in [9.17, 15) is 0 Å². The van der Waals surface area contributed by atoms with Crippen molar-refractivity contribution in [2.24, 2.45) is 0 Å². The SMILES string of the molecule is CCCOCCc1nc(C(C)O)no1. The maximum Gasteiger partial charge on any atom is 0.229 e. The van der Waals surface area contributed by atoms with Crippen LogP contribution in [0.5, 0.6) is 0 Å². The summed E-state index contributed by atoms with van der Waals surface area (Å²) in [6.07, 6.45) is 0.923. The molecule has 0 aliphatic heterocycles. The zero-order valence-electron chi connectivity index (χ0n) is 8.56. The minimum Gasteiger partial charge on any atom is -0.385 e. The Hall–Kier alpha value is -0.940. The molecule has 0 amide bonds. The first-order valence-electron chi connectivity index (χ1n) is 4.82. The minimum atomic E-state index is -0.677. The molecule has 1 heterocycles. The number of nitrogens with zero attached hydrogens (tertiary/aromatic N) is 2. The molecule has 5 heteroatoms. The fraction of sp³-hybridized carbons (Fsp3) is 0.778. The summed E-state index contributed by atoms with van der Waals surface area (Å²) >= 11 is 0. The number of aliphatic hydroxyl groups excluding tert-OH is 1. The molecule has 1 aromatic rings. The Morgan fingerprint density at radius 1 is 1.50 bits per heavy atom. The van der Waals surface area contributed by atoms with Gasteiger partial charge in [-0.2, -0.15) is 4.98 Å². The van der Waals surface area contributed by atoms with Crippen LogP contribution in [0.4, 0.5) is 0 Å². The summed E-state index contributed by atoms with van der Waals surface area (Å²) in [7, 11) is 0. The van der Waals surface area contributed by atoms with Gasteiger partial charge >= 0.3 is 0 Å². The summed E-state index contributed by atoms with van der Waals surface area (Å²) in [5.74, 6) is 0.840. The van der Waals surface area contributed by atoms with E-state index < -0.39 is 6.10 Å². The van der Waals surface area contributed by atoms with Crippen molar-refractivity contribution in [3.63, 3.8) is 0 Å². The Morgan fingerprint density at radius 3 is 2.86 bits per heavy atom. The first kappa shape index (κ1) is 11.1. The van der Waals surface area contributed by atoms with Crippen molar-refractivity contribution in [2.75, 3.05) is 13.2 Å². The van der Waals surface area contributed by atoms with Gasteiger partial charge in [0.25, 0.3) is 0 Å². The lowest BCUT2D eigenvalue weighted by Gasteiger charge is -1.97. The second kappa shape index (κ2) is 5.72. The van der Waals surface area contributed by atoms with Crippen LogP contribution in [0, 0.1) is 0 Å². The molecule has 0 aliphatic rings. The van der Waals surface area contributed by atoms with Gasteiger partial charge in [-0.05, 0) is 13.3 Å². The molecule has 1 atom stereocenters. The second-order valence-electron chi connectivity index (χ2n) is 3.08. The van der Waals surface area contributed by atoms with Crippen LogP contribution in [0.1, 0.15) is 38.1 Å². The molecule has 0 aliphatic carbocycles. The normalized spacial score (nSPS) is 13.1. The number of rotatable bonds is 6. The van der Waals surface area contributed by atoms with Crippen LogP contribution in [0.25, 0.3) is 0 Å². The van der Waals surface area contributed by atoms with Crippen LogP contribution in [0.2, 0.25) is 0 Å². The highest BCUT2D eigenvalue weighted by Gasteiger charge is 2.10. The van der Waals surface area contributed by atoms with Crippen LogP contribution in [-0.2, 0) is 11.2 Å². The molecule has 0 saturated heterocycles. The Bertz CT molecular complexity index is 260. The number of hydrogen-bond acceptors (Lipinski definition) is 5. The molecule has 1 unspecified atom stereocenters. The lowest BCUT2D eigenvalue weighted by Crippen LogP contribution is -2.00. The van der Waals surface area contributed by atoms with Crippen molar-refractivity contribution in [1.29, 1.82) is 0 Å². The molecular weight excluding hydrogens is 184 g/mol. The van der Waals surface area contributed by atoms with Crippen molar-refractivity contribution in [3.8, 4) is 0 Å². The van der Waals surface area contributed by atoms with Crippen molar-refractivity contribution >= 4 is 0 Å². The van der Waals surface area contributed by atoms with E-state index in [0.29, 0.717) is 24.7 Å². The lowest BCUT2D eigenvalue weighted by atomic mass is 10.4. The highest BCUT2D eigenvalue weighted by Crippen LogP contribution is 2.07. The fourth-order valence-corrected chi connectivity index (χ4v) is 0.945. The molecule has 1 N–H and O–H groups in total. The van der Waals surface area contributed by atoms with Gasteiger partial charge in [-0.1, -0.05) is 12.1 Å². The van der Waals surface area contributed by atoms with Gasteiger partial charge in [0.15, 0.2) is 5.82 Å². The first-order valence-corrected chi connectivity index (χ1v) is 4.82. The van der Waals surface area contributed by atoms with Crippen LogP contribution in [0.3, 0.4) is 0 Å². The molecule has 0 fully saturated rings. The third-order valence-electron chi connectivity index (χ3n) is 1.67. The van der Waals surface area contributed by atoms with Crippen molar-refractivity contribution in [3.05, 3.63) is 11.7 Å². The van der Waals surface area contributed by atoms with E-state index in [2.05, 4.69) is 17.1 Å². The Morgan fingerprint density at radius 2 is 2.29 bits per heavy atom. The largest absolute Gasteiger partial charge is 0.385 e. The molecule has 1 aromatic heterocycles. The third-order valence-corrected chi connectivity index (χ3v) is 1.67. The van der Waals surface area contributed by atoms with Crippen LogP contribution < -0.4 is 0 Å². The maximum atomic E-state index is 9.13. The molecule has 0 bridgehead atoms. The van der Waals surface area contributed by atoms with Crippen LogP contribution in [0.15, 0.2) is 4.52 Å². The molecular formula is C9H16N2O3. The number of hydrogen-bond donors (Lipinski definition) is 1. The average Bonchev–Trinajstić information content (AvgIpc) is 2.61. The van der Waals surface area contributed by atoms with Gasteiger partial charge in [-0.25, -0.2) is 0 Å². The highest BCUT2D eigenvalue weighted by atomic mass is 16.5. The van der Waals surface area contributed by atoms with Crippen LogP contribution in [-0.4, -0.2) is 28.5 Å². The Kier molecular flexibility index (Phi) is 4.55. The molecule has 0 saturated carbocycles. The quantitative estimate of drug-likeness (QED) is 0.696. The Balaban J connectivity index is 2.29. The van der Waals surface area contributed by atoms with Gasteiger partial charge < -0.3 is 14.4 Å². The molecule has 0 spiro atoms. The fourth-order valence-electron chi connectivity index (χ4n) is 0.945. The predicted molar refractivity (Wildman–Crippen MR) is 49.7 cm³/mol. The van der Waals surface area contributed by atoms with E-state index in [1.165, 1.54) is 0 Å². The topological polar surface area (TPSA) is 68.4 Å². The molecule has 80 valence electrons. The summed E-state index contributed by atoms with van der Waals surface area (Å²) in [4.78, 5) is 4.00. The van der Waals surface area contributed by atoms with Gasteiger partial charge in [-0.3, -0.25) is 0 Å². The summed E-state index contributed by atoms with van der Waals surface area (Å²) in [5.41, 5.74) is 0. The van der Waals surface area contributed by atoms with Crippen molar-refractivity contribution in [2.45, 2.75) is 32.8 Å². The minimum absolute atomic E-state index is 0.329. The highest BCUT2D eigenvalue weighted by molar-refractivity contribution is 4.88. The van der Waals surface area contributed by atoms with E-state index >= 15 is 0 Å². The standard InChI is InChI=1S/C9H16N2O3/c1-3-5-13-6-4-8-10-9(7(2)12)11-14-8/h7,12H,3-6H2,1-2H3. The lowest BCUT2D eigenvalue weighted by molar-refractivity contribution is 0.132. The van der Waals surface area contributed by atoms with Crippen LogP contribution >= 0.6 is 0 Å². The van der Waals surface area contributed by atoms with Gasteiger partial charge in [0.05, 0.1) is 13.0 Å². The number of aromatic nitrogens is 2. The molecule has 1 rings (SSSR count). The number of aliphatic hydroxyl groups is 1. The number of ether oxygens (including phenoxy) is 1. The van der Waals surface area contributed by atoms with E-state index in [1.807, 2.05) is 0 Å². The van der Waals surface area contributed by atoms with Crippen molar-refractivity contribution in [1.82, 2.24) is 10.1 Å². The van der Waals surface area contributed by atoms with E-state index in [-0.39, 0.29) is 0 Å². The van der Waals surface area contributed by atoms with Gasteiger partial charge in [0.1, 0.15) is 6.10 Å². The monoisotopic (exact) mass is 200 g/mol. The zero-order chi connectivity index (χ0) is 10.4. The summed E-state index contributed by atoms with van der Waals surface area (Å²) in [5, 5.41) is 12.8. The summed E-state index contributed by atoms with van der Waals surface area (Å²) < 4.78 is 10.2. The van der Waals surface area contributed by atoms with Gasteiger partial charge in [0, 0.05) is 6.61 Å². The third kappa shape index (κ3) is 3.43. The summed E-state index contributed by atoms with van der Waals surface area (Å²) in [6.45, 7) is 4.98. The molecule has 0 aromatic carbocycles. The first-order chi connectivity index (χ1) is 6.74. The zero-order valence-corrected chi connectivity index (χ0v) is 8.56. The van der Waals surface area contributed by atoms with E-state index in [1.54, 1.807) is 6.92 Å². The maximum absolute atomic E-state index is 9.13. The van der Waals surface area contributed by atoms with Crippen molar-refractivity contribution < 1.29 is 14.4 Å². The molecule has 0 radical (unpaired) electrons. The van der Waals surface area contributed by atoms with E-state index in [0.717, 1.165) is 13.0 Å². The second-order valence-corrected chi connectivity index (χ2v) is 3.08. The molecule has 14 heavy (non-hydrogen) atoms. The molecule has 5 nitrogen and oxygen atoms in total. The van der Waals surface area contributed by atoms with E-state index in [4.69, 9.17) is 14.4 Å². The Labute approximate surface area is 83.1 Å².